The monoisotopic (exact) mass is 468 g/mol. The average molecular weight is 469 g/mol. The van der Waals surface area contributed by atoms with Gasteiger partial charge < -0.3 is 29.8 Å². The predicted octanol–water partition coefficient (Wildman–Crippen LogP) is 3.57. The third-order valence-electron chi connectivity index (χ3n) is 4.56. The number of carbonyl (C=O) groups excluding carboxylic acids is 2. The average Bonchev–Trinajstić information content (AvgIpc) is 3.10. The molecule has 2 aromatic carbocycles. The molecule has 0 saturated heterocycles. The van der Waals surface area contributed by atoms with E-state index in [0.717, 1.165) is 17.7 Å². The normalized spacial score (nSPS) is 12.0. The zero-order valence-electron chi connectivity index (χ0n) is 19.2. The van der Waals surface area contributed by atoms with Gasteiger partial charge in [-0.15, -0.1) is 4.73 Å². The lowest BCUT2D eigenvalue weighted by Crippen LogP contribution is -2.46. The fourth-order valence-electron chi connectivity index (χ4n) is 3.03. The first-order valence-corrected chi connectivity index (χ1v) is 10.7. The van der Waals surface area contributed by atoms with Crippen LogP contribution in [0.3, 0.4) is 0 Å². The van der Waals surface area contributed by atoms with Crippen molar-refractivity contribution >= 4 is 12.1 Å². The van der Waals surface area contributed by atoms with Crippen LogP contribution in [0.25, 0.3) is 0 Å². The van der Waals surface area contributed by atoms with Crippen LogP contribution in [0.1, 0.15) is 31.9 Å². The fraction of sp³-hybridized carbons (Fsp3) is 0.280. The molecule has 0 saturated carbocycles. The van der Waals surface area contributed by atoms with Crippen LogP contribution < -0.4 is 14.9 Å². The maximum Gasteiger partial charge on any atom is 0.408 e. The van der Waals surface area contributed by atoms with Gasteiger partial charge in [-0.1, -0.05) is 42.5 Å². The van der Waals surface area contributed by atoms with Gasteiger partial charge in [0.25, 0.3) is 0 Å². The highest BCUT2D eigenvalue weighted by atomic mass is 16.7. The van der Waals surface area contributed by atoms with Crippen LogP contribution >= 0.6 is 0 Å². The molecule has 0 fully saturated rings. The van der Waals surface area contributed by atoms with Gasteiger partial charge in [0, 0.05) is 18.6 Å². The minimum atomic E-state index is -1.17. The molecule has 9 heteroatoms. The highest BCUT2D eigenvalue weighted by Gasteiger charge is 2.26. The number of aromatic hydroxyl groups is 2. The maximum absolute atomic E-state index is 12.8. The van der Waals surface area contributed by atoms with Crippen molar-refractivity contribution in [1.82, 2.24) is 10.0 Å². The molecule has 1 heterocycles. The van der Waals surface area contributed by atoms with Crippen molar-refractivity contribution in [2.24, 2.45) is 0 Å². The molecule has 34 heavy (non-hydrogen) atoms. The van der Waals surface area contributed by atoms with Gasteiger partial charge in [0.05, 0.1) is 0 Å². The molecule has 1 aromatic heterocycles. The van der Waals surface area contributed by atoms with Gasteiger partial charge in [-0.3, -0.25) is 0 Å². The lowest BCUT2D eigenvalue weighted by molar-refractivity contribution is -0.147. The Morgan fingerprint density at radius 2 is 1.53 bits per heavy atom. The summed E-state index contributed by atoms with van der Waals surface area (Å²) in [6, 6.07) is 17.3. The van der Waals surface area contributed by atoms with Crippen LogP contribution in [0.15, 0.2) is 66.7 Å². The van der Waals surface area contributed by atoms with Gasteiger partial charge in [0.2, 0.25) is 11.8 Å². The highest BCUT2D eigenvalue weighted by molar-refractivity contribution is 5.82. The van der Waals surface area contributed by atoms with Gasteiger partial charge in [-0.25, -0.2) is 9.59 Å². The van der Waals surface area contributed by atoms with Gasteiger partial charge in [0.15, 0.2) is 0 Å². The van der Waals surface area contributed by atoms with Crippen molar-refractivity contribution in [3.8, 4) is 17.5 Å². The Morgan fingerprint density at radius 1 is 0.912 bits per heavy atom. The smallest absolute Gasteiger partial charge is 0.408 e. The van der Waals surface area contributed by atoms with Crippen molar-refractivity contribution in [2.75, 3.05) is 0 Å². The molecular formula is C25H28N2O7. The van der Waals surface area contributed by atoms with Crippen molar-refractivity contribution in [1.29, 1.82) is 0 Å². The topological polar surface area (TPSA) is 119 Å². The third kappa shape index (κ3) is 7.19. The van der Waals surface area contributed by atoms with Crippen LogP contribution in [0.4, 0.5) is 4.79 Å². The summed E-state index contributed by atoms with van der Waals surface area (Å²) >= 11 is 0. The second kappa shape index (κ2) is 10.7. The molecule has 0 aliphatic carbocycles. The number of ether oxygens (including phenoxy) is 2. The molecule has 3 rings (SSSR count). The van der Waals surface area contributed by atoms with Crippen LogP contribution in [0.5, 0.6) is 17.5 Å². The minimum absolute atomic E-state index is 0.0203. The fourth-order valence-corrected chi connectivity index (χ4v) is 3.03. The molecular weight excluding hydrogens is 440 g/mol. The Morgan fingerprint density at radius 3 is 2.12 bits per heavy atom. The predicted molar refractivity (Wildman–Crippen MR) is 123 cm³/mol. The second-order valence-corrected chi connectivity index (χ2v) is 8.58. The summed E-state index contributed by atoms with van der Waals surface area (Å²) in [4.78, 5) is 30.3. The molecule has 0 radical (unpaired) electrons. The lowest BCUT2D eigenvalue weighted by atomic mass is 10.1. The van der Waals surface area contributed by atoms with Crippen LogP contribution in [0.2, 0.25) is 0 Å². The summed E-state index contributed by atoms with van der Waals surface area (Å²) in [6.07, 6.45) is -0.753. The zero-order valence-corrected chi connectivity index (χ0v) is 19.2. The number of alkyl carbamates (subject to hydrolysis) is 1. The van der Waals surface area contributed by atoms with E-state index in [4.69, 9.17) is 14.3 Å². The molecule has 0 unspecified atom stereocenters. The van der Waals surface area contributed by atoms with Crippen molar-refractivity contribution in [3.05, 3.63) is 77.9 Å². The van der Waals surface area contributed by atoms with E-state index in [1.165, 1.54) is 0 Å². The van der Waals surface area contributed by atoms with Crippen LogP contribution in [0, 0.1) is 0 Å². The maximum atomic E-state index is 12.8. The quantitative estimate of drug-likeness (QED) is 0.462. The van der Waals surface area contributed by atoms with E-state index in [1.54, 1.807) is 36.4 Å². The van der Waals surface area contributed by atoms with E-state index < -0.39 is 29.9 Å². The number of nitrogens with one attached hydrogen (secondary N) is 1. The van der Waals surface area contributed by atoms with E-state index in [9.17, 15) is 19.8 Å². The SMILES string of the molecule is CC(C)(C)Oc1ccc(C[C@@H](NC(=O)OCc2ccccc2)C(=O)On2c(O)ccc2O)cc1. The Hall–Kier alpha value is -4.14. The first-order chi connectivity index (χ1) is 16.1. The summed E-state index contributed by atoms with van der Waals surface area (Å²) in [5, 5.41) is 22.0. The summed E-state index contributed by atoms with van der Waals surface area (Å²) in [7, 11) is 0. The summed E-state index contributed by atoms with van der Waals surface area (Å²) in [5.41, 5.74) is 1.14. The molecule has 1 amide bonds. The molecule has 0 spiro atoms. The Labute approximate surface area is 197 Å². The summed E-state index contributed by atoms with van der Waals surface area (Å²) in [6.45, 7) is 5.82. The first kappa shape index (κ1) is 24.5. The number of aromatic nitrogens is 1. The minimum Gasteiger partial charge on any atom is -0.492 e. The van der Waals surface area contributed by atoms with E-state index in [0.29, 0.717) is 16.0 Å². The van der Waals surface area contributed by atoms with Crippen LogP contribution in [-0.4, -0.2) is 38.6 Å². The third-order valence-corrected chi connectivity index (χ3v) is 4.56. The standard InChI is InChI=1S/C25H28N2O7/c1-25(2,3)33-19-11-9-17(10-12-19)15-20(23(30)34-27-21(28)13-14-22(27)29)26-24(31)32-16-18-7-5-4-6-8-18/h4-14,20,28-29H,15-16H2,1-3H3,(H,26,31)/t20-/m1/s1. The lowest BCUT2D eigenvalue weighted by Gasteiger charge is -2.21. The number of amides is 1. The number of carbonyl (C=O) groups is 2. The number of hydrogen-bond donors (Lipinski definition) is 3. The molecule has 0 bridgehead atoms. The molecule has 1 atom stereocenters. The summed E-state index contributed by atoms with van der Waals surface area (Å²) < 4.78 is 11.6. The first-order valence-electron chi connectivity index (χ1n) is 10.7. The highest BCUT2D eigenvalue weighted by Crippen LogP contribution is 2.21. The largest absolute Gasteiger partial charge is 0.492 e. The Bertz CT molecular complexity index is 1080. The van der Waals surface area contributed by atoms with Gasteiger partial charge in [0.1, 0.15) is 24.0 Å². The number of rotatable bonds is 8. The van der Waals surface area contributed by atoms with Gasteiger partial charge in [-0.2, -0.15) is 0 Å². The van der Waals surface area contributed by atoms with Crippen molar-refractivity contribution in [2.45, 2.75) is 45.4 Å². The summed E-state index contributed by atoms with van der Waals surface area (Å²) in [5.74, 6) is -1.19. The number of benzene rings is 2. The molecule has 0 aliphatic heterocycles. The Kier molecular flexibility index (Phi) is 7.68. The van der Waals surface area contributed by atoms with Gasteiger partial charge in [-0.05, 0) is 44.0 Å². The Balaban J connectivity index is 1.71. The molecule has 0 aliphatic rings. The van der Waals surface area contributed by atoms with E-state index in [-0.39, 0.29) is 18.6 Å². The molecule has 3 N–H and O–H groups in total. The molecule has 9 nitrogen and oxygen atoms in total. The van der Waals surface area contributed by atoms with Crippen LogP contribution in [-0.2, 0) is 22.6 Å². The zero-order chi connectivity index (χ0) is 24.7. The van der Waals surface area contributed by atoms with E-state index >= 15 is 0 Å². The second-order valence-electron chi connectivity index (χ2n) is 8.58. The number of nitrogens with zero attached hydrogens (tertiary/aromatic N) is 1. The number of hydrogen-bond acceptors (Lipinski definition) is 7. The molecule has 3 aromatic rings. The van der Waals surface area contributed by atoms with E-state index in [2.05, 4.69) is 5.32 Å². The van der Waals surface area contributed by atoms with Crippen molar-refractivity contribution in [3.63, 3.8) is 0 Å². The van der Waals surface area contributed by atoms with Gasteiger partial charge >= 0.3 is 12.1 Å². The van der Waals surface area contributed by atoms with Crippen molar-refractivity contribution < 1.29 is 34.1 Å². The molecule has 180 valence electrons. The van der Waals surface area contributed by atoms with E-state index in [1.807, 2.05) is 39.0 Å².